The third-order valence-electron chi connectivity index (χ3n) is 2.12. The molecule has 0 saturated heterocycles. The monoisotopic (exact) mass is 347 g/mol. The van der Waals surface area contributed by atoms with Gasteiger partial charge in [0.1, 0.15) is 5.82 Å². The lowest BCUT2D eigenvalue weighted by atomic mass is 10.2. The van der Waals surface area contributed by atoms with Crippen molar-refractivity contribution in [2.75, 3.05) is 11.1 Å². The fourth-order valence-electron chi connectivity index (χ4n) is 1.28. The first-order valence-corrected chi connectivity index (χ1v) is 7.58. The maximum atomic E-state index is 13.5. The Bertz CT molecular complexity index is 695. The largest absolute Gasteiger partial charge is 0.481 e. The molecule has 2 rings (SSSR count). The summed E-state index contributed by atoms with van der Waals surface area (Å²) in [5.41, 5.74) is -0.211. The molecular formula is C11H7ClFN3O3S2. The van der Waals surface area contributed by atoms with E-state index < -0.39 is 17.7 Å². The van der Waals surface area contributed by atoms with E-state index in [-0.39, 0.29) is 21.5 Å². The van der Waals surface area contributed by atoms with Crippen LogP contribution in [0.3, 0.4) is 0 Å². The van der Waals surface area contributed by atoms with Gasteiger partial charge < -0.3 is 5.11 Å². The molecule has 0 radical (unpaired) electrons. The third-order valence-corrected chi connectivity index (χ3v) is 4.31. The fraction of sp³-hybridized carbons (Fsp3) is 0.0909. The van der Waals surface area contributed by atoms with Crippen LogP contribution in [0.4, 0.5) is 9.52 Å². The maximum absolute atomic E-state index is 13.5. The standard InChI is InChI=1S/C11H7ClFN3O3S2/c12-5-1-2-7(13)6(3-5)9(19)14-10-15-16-11(21-10)20-4-8(17)18/h1-3H,4H2,(H,17,18)(H,14,15,19). The predicted molar refractivity (Wildman–Crippen MR) is 77.6 cm³/mol. The molecule has 0 fully saturated rings. The van der Waals surface area contributed by atoms with Crippen molar-refractivity contribution in [3.63, 3.8) is 0 Å². The quantitative estimate of drug-likeness (QED) is 0.638. The summed E-state index contributed by atoms with van der Waals surface area (Å²) in [6.07, 6.45) is 0. The molecule has 2 aromatic rings. The number of carboxylic acids is 1. The van der Waals surface area contributed by atoms with E-state index in [0.29, 0.717) is 4.34 Å². The average Bonchev–Trinajstić information content (AvgIpc) is 2.86. The number of anilines is 1. The van der Waals surface area contributed by atoms with Gasteiger partial charge in [-0.3, -0.25) is 14.9 Å². The van der Waals surface area contributed by atoms with Gasteiger partial charge in [-0.25, -0.2) is 4.39 Å². The van der Waals surface area contributed by atoms with Crippen LogP contribution >= 0.6 is 34.7 Å². The van der Waals surface area contributed by atoms with Crippen LogP contribution in [0, 0.1) is 5.82 Å². The van der Waals surface area contributed by atoms with Crippen LogP contribution in [-0.2, 0) is 4.79 Å². The van der Waals surface area contributed by atoms with Crippen LogP contribution in [0.25, 0.3) is 0 Å². The summed E-state index contributed by atoms with van der Waals surface area (Å²) in [6.45, 7) is 0. The van der Waals surface area contributed by atoms with E-state index in [2.05, 4.69) is 15.5 Å². The van der Waals surface area contributed by atoms with Gasteiger partial charge in [0.2, 0.25) is 5.13 Å². The molecule has 0 aliphatic carbocycles. The van der Waals surface area contributed by atoms with E-state index in [1.807, 2.05) is 0 Å². The van der Waals surface area contributed by atoms with E-state index in [1.54, 1.807) is 0 Å². The summed E-state index contributed by atoms with van der Waals surface area (Å²) in [6, 6.07) is 3.62. The highest BCUT2D eigenvalue weighted by Crippen LogP contribution is 2.26. The van der Waals surface area contributed by atoms with Crippen LogP contribution in [0.5, 0.6) is 0 Å². The number of benzene rings is 1. The Hall–Kier alpha value is -1.71. The number of carbonyl (C=O) groups excluding carboxylic acids is 1. The molecule has 0 atom stereocenters. The van der Waals surface area contributed by atoms with E-state index in [4.69, 9.17) is 16.7 Å². The van der Waals surface area contributed by atoms with Crippen LogP contribution in [0.2, 0.25) is 5.02 Å². The lowest BCUT2D eigenvalue weighted by Gasteiger charge is -2.02. The van der Waals surface area contributed by atoms with Crippen molar-refractivity contribution < 1.29 is 19.1 Å². The lowest BCUT2D eigenvalue weighted by Crippen LogP contribution is -2.13. The Balaban J connectivity index is 2.06. The van der Waals surface area contributed by atoms with Crippen molar-refractivity contribution in [3.8, 4) is 0 Å². The van der Waals surface area contributed by atoms with E-state index >= 15 is 0 Å². The Morgan fingerprint density at radius 2 is 2.19 bits per heavy atom. The summed E-state index contributed by atoms with van der Waals surface area (Å²) in [4.78, 5) is 22.3. The lowest BCUT2D eigenvalue weighted by molar-refractivity contribution is -0.133. The number of carbonyl (C=O) groups is 2. The topological polar surface area (TPSA) is 92.2 Å². The molecule has 6 nitrogen and oxygen atoms in total. The number of carboxylic acid groups (broad SMARTS) is 1. The van der Waals surface area contributed by atoms with Crippen molar-refractivity contribution in [2.24, 2.45) is 0 Å². The molecule has 0 aliphatic heterocycles. The molecule has 21 heavy (non-hydrogen) atoms. The minimum Gasteiger partial charge on any atom is -0.481 e. The van der Waals surface area contributed by atoms with Gasteiger partial charge in [-0.2, -0.15) is 0 Å². The number of hydrogen-bond donors (Lipinski definition) is 2. The van der Waals surface area contributed by atoms with Crippen LogP contribution in [0.1, 0.15) is 10.4 Å². The number of nitrogens with zero attached hydrogens (tertiary/aromatic N) is 2. The highest BCUT2D eigenvalue weighted by Gasteiger charge is 2.15. The summed E-state index contributed by atoms with van der Waals surface area (Å²) in [5, 5.41) is 18.7. The molecule has 2 N–H and O–H groups in total. The Morgan fingerprint density at radius 1 is 1.43 bits per heavy atom. The number of nitrogens with one attached hydrogen (secondary N) is 1. The highest BCUT2D eigenvalue weighted by molar-refractivity contribution is 8.01. The van der Waals surface area contributed by atoms with E-state index in [9.17, 15) is 14.0 Å². The minimum absolute atomic E-state index is 0.146. The van der Waals surface area contributed by atoms with E-state index in [1.165, 1.54) is 12.1 Å². The molecule has 1 aromatic heterocycles. The van der Waals surface area contributed by atoms with Gasteiger partial charge in [-0.05, 0) is 18.2 Å². The summed E-state index contributed by atoms with van der Waals surface area (Å²) >= 11 is 7.68. The average molecular weight is 348 g/mol. The third kappa shape index (κ3) is 4.38. The molecule has 0 saturated carbocycles. The Labute approximate surface area is 131 Å². The molecule has 0 bridgehead atoms. The molecule has 0 spiro atoms. The molecule has 10 heteroatoms. The zero-order valence-electron chi connectivity index (χ0n) is 10.2. The normalized spacial score (nSPS) is 10.4. The molecule has 110 valence electrons. The summed E-state index contributed by atoms with van der Waals surface area (Å²) < 4.78 is 13.9. The van der Waals surface area contributed by atoms with Gasteiger partial charge in [0.05, 0.1) is 11.3 Å². The van der Waals surface area contributed by atoms with Crippen LogP contribution in [0.15, 0.2) is 22.5 Å². The van der Waals surface area contributed by atoms with Gasteiger partial charge >= 0.3 is 5.97 Å². The second kappa shape index (κ2) is 6.83. The number of rotatable bonds is 5. The van der Waals surface area contributed by atoms with Gasteiger partial charge in [0.15, 0.2) is 4.34 Å². The van der Waals surface area contributed by atoms with Gasteiger partial charge in [-0.15, -0.1) is 10.2 Å². The zero-order valence-corrected chi connectivity index (χ0v) is 12.6. The summed E-state index contributed by atoms with van der Waals surface area (Å²) in [5.74, 6) is -2.56. The molecule has 1 aromatic carbocycles. The molecular weight excluding hydrogens is 341 g/mol. The highest BCUT2D eigenvalue weighted by atomic mass is 35.5. The predicted octanol–water partition coefficient (Wildman–Crippen LogP) is 2.76. The Kier molecular flexibility index (Phi) is 5.10. The zero-order chi connectivity index (χ0) is 15.4. The first-order chi connectivity index (χ1) is 9.95. The number of halogens is 2. The second-order valence-electron chi connectivity index (χ2n) is 3.63. The SMILES string of the molecule is O=C(O)CSc1nnc(NC(=O)c2cc(Cl)ccc2F)s1. The number of amides is 1. The number of hydrogen-bond acceptors (Lipinski definition) is 6. The maximum Gasteiger partial charge on any atom is 0.313 e. The number of aromatic nitrogens is 2. The van der Waals surface area contributed by atoms with E-state index in [0.717, 1.165) is 29.2 Å². The van der Waals surface area contributed by atoms with Gasteiger partial charge in [0, 0.05) is 5.02 Å². The van der Waals surface area contributed by atoms with Crippen molar-refractivity contribution >= 4 is 51.7 Å². The fourth-order valence-corrected chi connectivity index (χ4v) is 2.92. The molecule has 1 heterocycles. The van der Waals surface area contributed by atoms with Crippen molar-refractivity contribution in [3.05, 3.63) is 34.6 Å². The Morgan fingerprint density at radius 3 is 2.90 bits per heavy atom. The van der Waals surface area contributed by atoms with Crippen LogP contribution < -0.4 is 5.32 Å². The second-order valence-corrected chi connectivity index (χ2v) is 6.27. The van der Waals surface area contributed by atoms with Crippen molar-refractivity contribution in [1.82, 2.24) is 10.2 Å². The minimum atomic E-state index is -0.984. The number of aliphatic carboxylic acids is 1. The van der Waals surface area contributed by atoms with Gasteiger partial charge in [-0.1, -0.05) is 34.7 Å². The first kappa shape index (κ1) is 15.7. The molecule has 0 aliphatic rings. The van der Waals surface area contributed by atoms with Crippen molar-refractivity contribution in [2.45, 2.75) is 4.34 Å². The molecule has 0 unspecified atom stereocenters. The van der Waals surface area contributed by atoms with Gasteiger partial charge in [0.25, 0.3) is 5.91 Å². The smallest absolute Gasteiger partial charge is 0.313 e. The molecule has 1 amide bonds. The van der Waals surface area contributed by atoms with Crippen molar-refractivity contribution in [1.29, 1.82) is 0 Å². The van der Waals surface area contributed by atoms with Crippen LogP contribution in [-0.4, -0.2) is 32.9 Å². The first-order valence-electron chi connectivity index (χ1n) is 5.40. The number of thioether (sulfide) groups is 1. The summed E-state index contributed by atoms with van der Waals surface area (Å²) in [7, 11) is 0.